The van der Waals surface area contributed by atoms with Gasteiger partial charge in [-0.2, -0.15) is 0 Å². The van der Waals surface area contributed by atoms with Gasteiger partial charge in [0.25, 0.3) is 5.56 Å². The van der Waals surface area contributed by atoms with E-state index in [1.165, 1.54) is 10.9 Å². The zero-order valence-corrected chi connectivity index (χ0v) is 29.2. The number of likely N-dealkylation sites (tertiary alicyclic amines) is 2. The maximum absolute atomic E-state index is 14.2. The van der Waals surface area contributed by atoms with Crippen LogP contribution in [0.1, 0.15) is 35.6 Å². The van der Waals surface area contributed by atoms with Crippen LogP contribution in [-0.2, 0) is 17.9 Å². The van der Waals surface area contributed by atoms with E-state index in [2.05, 4.69) is 27.0 Å². The lowest BCUT2D eigenvalue weighted by Gasteiger charge is -2.43. The van der Waals surface area contributed by atoms with Gasteiger partial charge in [0.15, 0.2) is 16.4 Å². The first-order valence-corrected chi connectivity index (χ1v) is 18.2. The normalized spacial score (nSPS) is 19.4. The second-order valence-corrected chi connectivity index (χ2v) is 14.7. The number of nitrogens with zero attached hydrogens (tertiary/aromatic N) is 6. The Morgan fingerprint density at radius 2 is 1.82 bits per heavy atom. The Hall–Kier alpha value is -5.04. The number of hydrogen-bond acceptors (Lipinski definition) is 9. The van der Waals surface area contributed by atoms with E-state index < -0.39 is 5.60 Å². The maximum Gasteiger partial charge on any atom is 0.262 e. The molecule has 0 radical (unpaired) electrons. The molecule has 11 nitrogen and oxygen atoms in total. The van der Waals surface area contributed by atoms with Gasteiger partial charge in [0.2, 0.25) is 5.91 Å². The predicted molar refractivity (Wildman–Crippen MR) is 195 cm³/mol. The summed E-state index contributed by atoms with van der Waals surface area (Å²) >= 11 is 1.64. The first-order valence-electron chi connectivity index (χ1n) is 17.4. The number of piperidine rings is 2. The number of aliphatic hydroxyl groups is 1. The standard InChI is InChI=1S/C39H40N6O5S/c1-49-29-11-9-28(10-12-29)45-18-14-32-35(45)41-26-44(38(32)47)25-39(48)15-19-43(20-16-39)37(46)31-13-17-42(24-33(31)27-6-3-2-4-7-27)23-30-22-40-36(51-30)34-8-5-21-50-34/h2-12,14,18,21-22,26,31,33,48H,13,15-17,19-20,23-25H2,1H3/t31-,33+/m1/s1. The highest BCUT2D eigenvalue weighted by molar-refractivity contribution is 7.14. The molecule has 0 saturated carbocycles. The van der Waals surface area contributed by atoms with Gasteiger partial charge in [0, 0.05) is 61.0 Å². The number of carbonyl (C=O) groups is 1. The molecule has 8 rings (SSSR count). The average Bonchev–Trinajstić information content (AvgIpc) is 3.96. The van der Waals surface area contributed by atoms with Crippen LogP contribution in [0.4, 0.5) is 0 Å². The van der Waals surface area contributed by atoms with Crippen LogP contribution in [0.25, 0.3) is 27.5 Å². The van der Waals surface area contributed by atoms with Crippen molar-refractivity contribution in [2.75, 3.05) is 33.3 Å². The number of benzene rings is 2. The van der Waals surface area contributed by atoms with E-state index in [4.69, 9.17) is 9.15 Å². The van der Waals surface area contributed by atoms with Gasteiger partial charge in [0.1, 0.15) is 12.1 Å². The largest absolute Gasteiger partial charge is 0.497 e. The van der Waals surface area contributed by atoms with Crippen molar-refractivity contribution in [1.29, 1.82) is 0 Å². The third-order valence-electron chi connectivity index (χ3n) is 10.4. The highest BCUT2D eigenvalue weighted by Crippen LogP contribution is 2.37. The molecule has 2 aromatic carbocycles. The lowest BCUT2D eigenvalue weighted by Crippen LogP contribution is -2.53. The fraction of sp³-hybridized carbons (Fsp3) is 0.333. The molecule has 2 aliphatic rings. The molecular formula is C39H40N6O5S. The minimum absolute atomic E-state index is 0.0485. The van der Waals surface area contributed by atoms with Crippen LogP contribution >= 0.6 is 11.3 Å². The molecule has 6 heterocycles. The molecule has 2 atom stereocenters. The van der Waals surface area contributed by atoms with Crippen LogP contribution in [0.15, 0.2) is 107 Å². The minimum atomic E-state index is -1.13. The fourth-order valence-corrected chi connectivity index (χ4v) is 8.51. The highest BCUT2D eigenvalue weighted by atomic mass is 32.1. The maximum atomic E-state index is 14.2. The van der Waals surface area contributed by atoms with Crippen molar-refractivity contribution in [2.24, 2.45) is 5.92 Å². The van der Waals surface area contributed by atoms with Crippen molar-refractivity contribution in [1.82, 2.24) is 28.9 Å². The van der Waals surface area contributed by atoms with Crippen molar-refractivity contribution in [2.45, 2.75) is 43.9 Å². The summed E-state index contributed by atoms with van der Waals surface area (Å²) in [5.41, 5.74) is 1.26. The van der Waals surface area contributed by atoms with E-state index in [0.29, 0.717) is 37.0 Å². The van der Waals surface area contributed by atoms with E-state index >= 15 is 0 Å². The van der Waals surface area contributed by atoms with Gasteiger partial charge >= 0.3 is 0 Å². The molecule has 12 heteroatoms. The summed E-state index contributed by atoms with van der Waals surface area (Å²) in [6, 6.07) is 23.4. The number of fused-ring (bicyclic) bond motifs is 1. The van der Waals surface area contributed by atoms with E-state index in [-0.39, 0.29) is 29.8 Å². The number of aromatic nitrogens is 4. The van der Waals surface area contributed by atoms with Crippen molar-refractivity contribution < 1.29 is 19.1 Å². The van der Waals surface area contributed by atoms with Crippen LogP contribution in [0.5, 0.6) is 5.75 Å². The summed E-state index contributed by atoms with van der Waals surface area (Å²) in [5, 5.41) is 13.0. The summed E-state index contributed by atoms with van der Waals surface area (Å²) in [5.74, 6) is 1.56. The molecule has 0 spiro atoms. The van der Waals surface area contributed by atoms with E-state index in [1.54, 1.807) is 30.8 Å². The Balaban J connectivity index is 0.928. The van der Waals surface area contributed by atoms with Crippen LogP contribution in [0.2, 0.25) is 0 Å². The zero-order chi connectivity index (χ0) is 35.0. The Bertz CT molecular complexity index is 2170. The monoisotopic (exact) mass is 704 g/mol. The second-order valence-electron chi connectivity index (χ2n) is 13.6. The molecule has 6 aromatic rings. The first kappa shape index (κ1) is 33.1. The number of methoxy groups -OCH3 is 1. The van der Waals surface area contributed by atoms with Crippen LogP contribution < -0.4 is 10.3 Å². The Morgan fingerprint density at radius 3 is 2.57 bits per heavy atom. The van der Waals surface area contributed by atoms with E-state index in [0.717, 1.165) is 58.7 Å². The summed E-state index contributed by atoms with van der Waals surface area (Å²) < 4.78 is 14.2. The summed E-state index contributed by atoms with van der Waals surface area (Å²) in [6.45, 7) is 3.34. The molecule has 1 amide bonds. The number of ether oxygens (including phenoxy) is 1. The molecule has 4 aromatic heterocycles. The Kier molecular flexibility index (Phi) is 9.05. The van der Waals surface area contributed by atoms with Gasteiger partial charge in [-0.3, -0.25) is 19.1 Å². The molecule has 2 aliphatic heterocycles. The summed E-state index contributed by atoms with van der Waals surface area (Å²) in [6.07, 6.45) is 8.45. The summed E-state index contributed by atoms with van der Waals surface area (Å²) in [7, 11) is 1.62. The van der Waals surface area contributed by atoms with Gasteiger partial charge in [-0.1, -0.05) is 30.3 Å². The van der Waals surface area contributed by atoms with Gasteiger partial charge in [-0.25, -0.2) is 9.97 Å². The SMILES string of the molecule is COc1ccc(-n2ccc3c(=O)n(CC4(O)CCN(C(=O)[C@@H]5CCN(Cc6cnc(-c7ccco7)s6)C[C@H]5c5ccccc5)CC4)cnc32)cc1. The highest BCUT2D eigenvalue weighted by Gasteiger charge is 2.41. The fourth-order valence-electron chi connectivity index (χ4n) is 7.58. The first-order chi connectivity index (χ1) is 24.9. The molecule has 2 saturated heterocycles. The quantitative estimate of drug-likeness (QED) is 0.208. The number of furan rings is 1. The van der Waals surface area contributed by atoms with Crippen LogP contribution in [0, 0.1) is 5.92 Å². The Morgan fingerprint density at radius 1 is 1.02 bits per heavy atom. The number of hydrogen-bond donors (Lipinski definition) is 1. The van der Waals surface area contributed by atoms with E-state index in [9.17, 15) is 14.7 Å². The van der Waals surface area contributed by atoms with Crippen LogP contribution in [0.3, 0.4) is 0 Å². The summed E-state index contributed by atoms with van der Waals surface area (Å²) in [4.78, 5) is 42.4. The molecule has 0 unspecified atom stereocenters. The number of amides is 1. The average molecular weight is 705 g/mol. The lowest BCUT2D eigenvalue weighted by molar-refractivity contribution is -0.142. The molecule has 2 fully saturated rings. The number of thiazole rings is 1. The lowest BCUT2D eigenvalue weighted by atomic mass is 9.79. The van der Waals surface area contributed by atoms with Crippen molar-refractivity contribution in [3.05, 3.63) is 119 Å². The van der Waals surface area contributed by atoms with Gasteiger partial charge < -0.3 is 23.7 Å². The molecule has 51 heavy (non-hydrogen) atoms. The number of carbonyl (C=O) groups excluding carboxylic acids is 1. The van der Waals surface area contributed by atoms with Gasteiger partial charge in [-0.05, 0) is 73.8 Å². The number of rotatable bonds is 9. The van der Waals surface area contributed by atoms with Gasteiger partial charge in [-0.15, -0.1) is 11.3 Å². The smallest absolute Gasteiger partial charge is 0.262 e. The third-order valence-corrected chi connectivity index (χ3v) is 11.4. The van der Waals surface area contributed by atoms with Crippen LogP contribution in [-0.4, -0.2) is 78.8 Å². The third kappa shape index (κ3) is 6.74. The molecule has 0 bridgehead atoms. The van der Waals surface area contributed by atoms with Crippen molar-refractivity contribution in [3.63, 3.8) is 0 Å². The van der Waals surface area contributed by atoms with Crippen molar-refractivity contribution in [3.8, 4) is 22.2 Å². The van der Waals surface area contributed by atoms with Gasteiger partial charge in [0.05, 0.1) is 30.9 Å². The Labute approximate surface area is 299 Å². The zero-order valence-electron chi connectivity index (χ0n) is 28.4. The second kappa shape index (κ2) is 13.9. The molecule has 262 valence electrons. The topological polar surface area (TPSA) is 119 Å². The minimum Gasteiger partial charge on any atom is -0.497 e. The molecular weight excluding hydrogens is 665 g/mol. The predicted octanol–water partition coefficient (Wildman–Crippen LogP) is 5.57. The molecule has 0 aliphatic carbocycles. The molecule has 1 N–H and O–H groups in total. The van der Waals surface area contributed by atoms with E-state index in [1.807, 2.05) is 76.5 Å². The van der Waals surface area contributed by atoms with Crippen molar-refractivity contribution >= 4 is 28.3 Å².